The van der Waals surface area contributed by atoms with E-state index in [1.54, 1.807) is 29.1 Å². The molecule has 3 rings (SSSR count). The molecular formula is C15H11BrCl2N6. The number of hydrazone groups is 1. The van der Waals surface area contributed by atoms with E-state index < -0.39 is 0 Å². The second-order valence-corrected chi connectivity index (χ2v) is 6.47. The first-order chi connectivity index (χ1) is 11.6. The summed E-state index contributed by atoms with van der Waals surface area (Å²) in [6, 6.07) is 12.9. The van der Waals surface area contributed by atoms with Crippen LogP contribution >= 0.6 is 39.1 Å². The van der Waals surface area contributed by atoms with Gasteiger partial charge in [-0.25, -0.2) is 0 Å². The van der Waals surface area contributed by atoms with Gasteiger partial charge in [0.25, 0.3) is 0 Å². The van der Waals surface area contributed by atoms with Gasteiger partial charge in [0.2, 0.25) is 0 Å². The van der Waals surface area contributed by atoms with E-state index in [4.69, 9.17) is 23.2 Å². The zero-order valence-corrected chi connectivity index (χ0v) is 15.3. The van der Waals surface area contributed by atoms with Crippen molar-refractivity contribution in [2.24, 2.45) is 5.10 Å². The summed E-state index contributed by atoms with van der Waals surface area (Å²) in [5.74, 6) is 0.678. The molecule has 6 nitrogen and oxygen atoms in total. The lowest BCUT2D eigenvalue weighted by Crippen LogP contribution is -2.04. The van der Waals surface area contributed by atoms with Crippen LogP contribution in [0.4, 0.5) is 5.69 Å². The monoisotopic (exact) mass is 424 g/mol. The Morgan fingerprint density at radius 2 is 1.92 bits per heavy atom. The highest BCUT2D eigenvalue weighted by molar-refractivity contribution is 9.10. The summed E-state index contributed by atoms with van der Waals surface area (Å²) < 4.78 is 2.66. The number of nitrogens with one attached hydrogen (secondary N) is 1. The fourth-order valence-corrected chi connectivity index (χ4v) is 2.49. The van der Waals surface area contributed by atoms with Crippen molar-refractivity contribution in [3.8, 4) is 5.69 Å². The van der Waals surface area contributed by atoms with E-state index in [0.717, 1.165) is 15.8 Å². The minimum atomic E-state index is 0.469. The maximum atomic E-state index is 5.95. The van der Waals surface area contributed by atoms with Crippen LogP contribution < -0.4 is 5.43 Å². The number of benzene rings is 2. The first-order valence-corrected chi connectivity index (χ1v) is 8.44. The van der Waals surface area contributed by atoms with Gasteiger partial charge in [-0.2, -0.15) is 9.78 Å². The largest absolute Gasteiger partial charge is 0.279 e. The van der Waals surface area contributed by atoms with E-state index in [9.17, 15) is 0 Å². The average molecular weight is 426 g/mol. The maximum Gasteiger partial charge on any atom is 0.162 e. The molecule has 0 spiro atoms. The lowest BCUT2D eigenvalue weighted by atomic mass is 10.3. The molecule has 3 aromatic rings. The van der Waals surface area contributed by atoms with Crippen LogP contribution in [0.15, 0.2) is 52.0 Å². The number of aromatic nitrogens is 4. The van der Waals surface area contributed by atoms with Crippen molar-refractivity contribution in [1.82, 2.24) is 20.2 Å². The number of anilines is 1. The molecule has 1 N–H and O–H groups in total. The fourth-order valence-electron chi connectivity index (χ4n) is 1.93. The summed E-state index contributed by atoms with van der Waals surface area (Å²) in [7, 11) is 0. The summed E-state index contributed by atoms with van der Waals surface area (Å²) in [6.07, 6.45) is 2.15. The van der Waals surface area contributed by atoms with E-state index in [1.807, 2.05) is 24.3 Å². The van der Waals surface area contributed by atoms with E-state index in [2.05, 4.69) is 42.0 Å². The van der Waals surface area contributed by atoms with E-state index >= 15 is 0 Å². The average Bonchev–Trinajstić information content (AvgIpc) is 3.04. The Bertz CT molecular complexity index is 863. The van der Waals surface area contributed by atoms with Crippen molar-refractivity contribution in [3.05, 3.63) is 62.8 Å². The predicted molar refractivity (Wildman–Crippen MR) is 99.1 cm³/mol. The van der Waals surface area contributed by atoms with Crippen molar-refractivity contribution in [3.63, 3.8) is 0 Å². The van der Waals surface area contributed by atoms with Gasteiger partial charge in [0.05, 0.1) is 21.4 Å². The molecule has 24 heavy (non-hydrogen) atoms. The molecule has 0 bridgehead atoms. The fraction of sp³-hybridized carbons (Fsp3) is 0.0667. The Morgan fingerprint density at radius 1 is 1.12 bits per heavy atom. The summed E-state index contributed by atoms with van der Waals surface area (Å²) in [5.41, 5.74) is 4.51. The molecule has 0 saturated carbocycles. The van der Waals surface area contributed by atoms with Crippen LogP contribution in [0.3, 0.4) is 0 Å². The van der Waals surface area contributed by atoms with Crippen LogP contribution in [-0.4, -0.2) is 26.4 Å². The van der Waals surface area contributed by atoms with E-state index in [0.29, 0.717) is 22.3 Å². The van der Waals surface area contributed by atoms with Crippen LogP contribution in [0.5, 0.6) is 0 Å². The number of hydrogen-bond acceptors (Lipinski definition) is 5. The van der Waals surface area contributed by atoms with Crippen molar-refractivity contribution >= 4 is 51.0 Å². The molecule has 0 aliphatic carbocycles. The Kier molecular flexibility index (Phi) is 5.44. The first kappa shape index (κ1) is 16.9. The number of nitrogens with zero attached hydrogens (tertiary/aromatic N) is 5. The Balaban J connectivity index is 1.66. The molecule has 0 aliphatic rings. The highest BCUT2D eigenvalue weighted by atomic mass is 79.9. The van der Waals surface area contributed by atoms with Gasteiger partial charge in [-0.1, -0.05) is 39.1 Å². The molecule has 0 radical (unpaired) electrons. The smallest absolute Gasteiger partial charge is 0.162 e. The summed E-state index contributed by atoms with van der Waals surface area (Å²) in [6.45, 7) is 0. The Hall–Kier alpha value is -1.96. The van der Waals surface area contributed by atoms with Gasteiger partial charge < -0.3 is 0 Å². The summed E-state index contributed by atoms with van der Waals surface area (Å²) in [4.78, 5) is 0. The zero-order chi connectivity index (χ0) is 16.9. The van der Waals surface area contributed by atoms with E-state index in [1.165, 1.54) is 0 Å². The highest BCUT2D eigenvalue weighted by Gasteiger charge is 2.06. The molecule has 2 aromatic carbocycles. The molecule has 1 aromatic heterocycles. The van der Waals surface area contributed by atoms with Gasteiger partial charge in [0.15, 0.2) is 5.82 Å². The molecule has 1 heterocycles. The standard InChI is InChI=1S/C15H11BrCl2N6/c16-10-1-4-12(5-2-10)24-15(21-22-23-24)7-8-19-20-11-3-6-13(17)14(18)9-11/h1-6,8-9,20H,7H2/b19-8+. The van der Waals surface area contributed by atoms with Crippen molar-refractivity contribution < 1.29 is 0 Å². The summed E-state index contributed by atoms with van der Waals surface area (Å²) in [5, 5.41) is 16.8. The molecule has 0 atom stereocenters. The van der Waals surface area contributed by atoms with Gasteiger partial charge in [-0.05, 0) is 52.9 Å². The van der Waals surface area contributed by atoms with Crippen LogP contribution in [0.1, 0.15) is 5.82 Å². The molecular weight excluding hydrogens is 415 g/mol. The third-order valence-electron chi connectivity index (χ3n) is 3.08. The second-order valence-electron chi connectivity index (χ2n) is 4.74. The predicted octanol–water partition coefficient (Wildman–Crippen LogP) is 4.37. The molecule has 0 unspecified atom stereocenters. The molecule has 0 fully saturated rings. The van der Waals surface area contributed by atoms with Crippen LogP contribution in [0.2, 0.25) is 10.0 Å². The topological polar surface area (TPSA) is 68.0 Å². The summed E-state index contributed by atoms with van der Waals surface area (Å²) >= 11 is 15.2. The molecule has 122 valence electrons. The maximum absolute atomic E-state index is 5.95. The second kappa shape index (κ2) is 7.74. The lowest BCUT2D eigenvalue weighted by Gasteiger charge is -2.03. The van der Waals surface area contributed by atoms with Gasteiger partial charge >= 0.3 is 0 Å². The SMILES string of the molecule is Clc1ccc(N/N=C/Cc2nnnn2-c2ccc(Br)cc2)cc1Cl. The number of tetrazole rings is 1. The number of halogens is 3. The molecule has 0 amide bonds. The highest BCUT2D eigenvalue weighted by Crippen LogP contribution is 2.24. The Morgan fingerprint density at radius 3 is 2.67 bits per heavy atom. The molecule has 9 heteroatoms. The van der Waals surface area contributed by atoms with E-state index in [-0.39, 0.29) is 0 Å². The van der Waals surface area contributed by atoms with Gasteiger partial charge in [0.1, 0.15) is 0 Å². The van der Waals surface area contributed by atoms with Crippen molar-refractivity contribution in [2.75, 3.05) is 5.43 Å². The van der Waals surface area contributed by atoms with Gasteiger partial charge in [-0.3, -0.25) is 5.43 Å². The number of rotatable bonds is 5. The minimum Gasteiger partial charge on any atom is -0.279 e. The quantitative estimate of drug-likeness (QED) is 0.486. The Labute approximate surface area is 156 Å². The zero-order valence-electron chi connectivity index (χ0n) is 12.2. The first-order valence-electron chi connectivity index (χ1n) is 6.89. The van der Waals surface area contributed by atoms with Gasteiger partial charge in [0, 0.05) is 17.1 Å². The van der Waals surface area contributed by atoms with Crippen molar-refractivity contribution in [2.45, 2.75) is 6.42 Å². The van der Waals surface area contributed by atoms with Gasteiger partial charge in [-0.15, -0.1) is 5.10 Å². The minimum absolute atomic E-state index is 0.469. The third kappa shape index (κ3) is 4.11. The van der Waals surface area contributed by atoms with Crippen LogP contribution in [-0.2, 0) is 6.42 Å². The van der Waals surface area contributed by atoms with Crippen molar-refractivity contribution in [1.29, 1.82) is 0 Å². The normalized spacial score (nSPS) is 11.1. The van der Waals surface area contributed by atoms with Crippen LogP contribution in [0, 0.1) is 0 Å². The molecule has 0 aliphatic heterocycles. The third-order valence-corrected chi connectivity index (χ3v) is 4.35. The van der Waals surface area contributed by atoms with Crippen LogP contribution in [0.25, 0.3) is 5.69 Å². The number of hydrogen-bond donors (Lipinski definition) is 1. The molecule has 0 saturated heterocycles. The lowest BCUT2D eigenvalue weighted by molar-refractivity contribution is 0.776.